The molecule has 0 radical (unpaired) electrons. The van der Waals surface area contributed by atoms with Gasteiger partial charge in [0.05, 0.1) is 9.92 Å². The second-order valence-electron chi connectivity index (χ2n) is 6.55. The van der Waals surface area contributed by atoms with Gasteiger partial charge in [0.15, 0.2) is 6.61 Å². The maximum Gasteiger partial charge on any atom is 0.262 e. The molecule has 0 spiro atoms. The number of carbonyl (C=O) groups excluding carboxylic acids is 1. The van der Waals surface area contributed by atoms with Crippen molar-refractivity contribution in [3.05, 3.63) is 83.1 Å². The number of halogens is 2. The summed E-state index contributed by atoms with van der Waals surface area (Å²) in [5, 5.41) is 2.81. The Kier molecular flexibility index (Phi) is 7.14. The standard InChI is InChI=1S/C22H20ClFN2O4S/c1-2-15-5-3-4-6-20(15)25-22(27)14-30-21-12-11-18(13-19(21)23)31(28,29)26-17-9-7-16(24)8-10-17/h3-13,26H,2,14H2,1H3,(H,25,27). The van der Waals surface area contributed by atoms with Crippen LogP contribution in [-0.2, 0) is 21.2 Å². The van der Waals surface area contributed by atoms with Crippen LogP contribution in [0.25, 0.3) is 0 Å². The van der Waals surface area contributed by atoms with Crippen molar-refractivity contribution in [1.82, 2.24) is 0 Å². The Morgan fingerprint density at radius 2 is 1.77 bits per heavy atom. The maximum absolute atomic E-state index is 13.0. The Hall–Kier alpha value is -3.10. The number of carbonyl (C=O) groups is 1. The van der Waals surface area contributed by atoms with Gasteiger partial charge >= 0.3 is 0 Å². The molecule has 162 valence electrons. The second-order valence-corrected chi connectivity index (χ2v) is 8.64. The van der Waals surface area contributed by atoms with Gasteiger partial charge in [0.25, 0.3) is 15.9 Å². The summed E-state index contributed by atoms with van der Waals surface area (Å²) in [6, 6.07) is 16.2. The zero-order chi connectivity index (χ0) is 22.4. The Balaban J connectivity index is 1.65. The number of aryl methyl sites for hydroxylation is 1. The fourth-order valence-corrected chi connectivity index (χ4v) is 4.16. The smallest absolute Gasteiger partial charge is 0.262 e. The minimum Gasteiger partial charge on any atom is -0.482 e. The minimum atomic E-state index is -3.94. The summed E-state index contributed by atoms with van der Waals surface area (Å²) in [6.45, 7) is 1.69. The van der Waals surface area contributed by atoms with Crippen molar-refractivity contribution in [2.45, 2.75) is 18.2 Å². The SMILES string of the molecule is CCc1ccccc1NC(=O)COc1ccc(S(=O)(=O)Nc2ccc(F)cc2)cc1Cl. The molecule has 31 heavy (non-hydrogen) atoms. The first-order valence-corrected chi connectivity index (χ1v) is 11.2. The predicted octanol–water partition coefficient (Wildman–Crippen LogP) is 4.86. The molecule has 0 fully saturated rings. The summed E-state index contributed by atoms with van der Waals surface area (Å²) in [5.41, 5.74) is 1.91. The van der Waals surface area contributed by atoms with E-state index in [2.05, 4.69) is 10.0 Å². The first-order valence-electron chi connectivity index (χ1n) is 9.37. The molecule has 0 saturated heterocycles. The van der Waals surface area contributed by atoms with E-state index in [9.17, 15) is 17.6 Å². The number of hydrogen-bond acceptors (Lipinski definition) is 4. The Labute approximate surface area is 185 Å². The molecule has 0 aromatic heterocycles. The van der Waals surface area contributed by atoms with Crippen molar-refractivity contribution < 1.29 is 22.3 Å². The molecule has 0 unspecified atom stereocenters. The zero-order valence-corrected chi connectivity index (χ0v) is 18.1. The zero-order valence-electron chi connectivity index (χ0n) is 16.6. The molecule has 1 amide bonds. The van der Waals surface area contributed by atoms with E-state index in [0.29, 0.717) is 5.69 Å². The van der Waals surface area contributed by atoms with Gasteiger partial charge in [-0.15, -0.1) is 0 Å². The molecule has 9 heteroatoms. The van der Waals surface area contributed by atoms with Gasteiger partial charge in [-0.3, -0.25) is 9.52 Å². The van der Waals surface area contributed by atoms with Crippen molar-refractivity contribution in [2.24, 2.45) is 0 Å². The molecule has 3 rings (SSSR count). The summed E-state index contributed by atoms with van der Waals surface area (Å²) >= 11 is 6.15. The van der Waals surface area contributed by atoms with Crippen molar-refractivity contribution >= 4 is 38.9 Å². The van der Waals surface area contributed by atoms with Crippen LogP contribution in [0.2, 0.25) is 5.02 Å². The first-order chi connectivity index (χ1) is 14.8. The highest BCUT2D eigenvalue weighted by Crippen LogP contribution is 2.28. The Bertz CT molecular complexity index is 1180. The fourth-order valence-electron chi connectivity index (χ4n) is 2.78. The van der Waals surface area contributed by atoms with Crippen LogP contribution in [0.3, 0.4) is 0 Å². The minimum absolute atomic E-state index is 0.0312. The number of para-hydroxylation sites is 1. The molecule has 3 aromatic carbocycles. The van der Waals surface area contributed by atoms with Crippen LogP contribution in [-0.4, -0.2) is 20.9 Å². The third kappa shape index (κ3) is 5.96. The summed E-state index contributed by atoms with van der Waals surface area (Å²) in [5.74, 6) is -0.678. The van der Waals surface area contributed by atoms with Gasteiger partial charge in [-0.25, -0.2) is 12.8 Å². The van der Waals surface area contributed by atoms with Gasteiger partial charge in [-0.2, -0.15) is 0 Å². The van der Waals surface area contributed by atoms with Crippen LogP contribution in [0.4, 0.5) is 15.8 Å². The molecule has 0 aliphatic heterocycles. The number of nitrogens with one attached hydrogen (secondary N) is 2. The van der Waals surface area contributed by atoms with Gasteiger partial charge in [0.2, 0.25) is 0 Å². The average molecular weight is 463 g/mol. The van der Waals surface area contributed by atoms with Crippen LogP contribution in [0.1, 0.15) is 12.5 Å². The molecular formula is C22H20ClFN2O4S. The number of hydrogen-bond donors (Lipinski definition) is 2. The van der Waals surface area contributed by atoms with Gasteiger partial charge in [-0.05, 0) is 60.5 Å². The summed E-state index contributed by atoms with van der Waals surface area (Å²) in [7, 11) is -3.94. The summed E-state index contributed by atoms with van der Waals surface area (Å²) < 4.78 is 45.8. The molecular weight excluding hydrogens is 443 g/mol. The van der Waals surface area contributed by atoms with Gasteiger partial charge < -0.3 is 10.1 Å². The van der Waals surface area contributed by atoms with Crippen molar-refractivity contribution in [3.63, 3.8) is 0 Å². The van der Waals surface area contributed by atoms with Crippen LogP contribution in [0, 0.1) is 5.82 Å². The van der Waals surface area contributed by atoms with E-state index in [1.54, 1.807) is 6.07 Å². The van der Waals surface area contributed by atoms with E-state index in [1.807, 2.05) is 25.1 Å². The third-order valence-electron chi connectivity index (χ3n) is 4.34. The molecule has 0 atom stereocenters. The van der Waals surface area contributed by atoms with Crippen LogP contribution in [0.15, 0.2) is 71.6 Å². The average Bonchev–Trinajstić information content (AvgIpc) is 2.74. The number of sulfonamides is 1. The normalized spacial score (nSPS) is 11.1. The Morgan fingerprint density at radius 3 is 2.45 bits per heavy atom. The summed E-state index contributed by atoms with van der Waals surface area (Å²) in [6.07, 6.45) is 0.769. The van der Waals surface area contributed by atoms with Gasteiger partial charge in [0.1, 0.15) is 11.6 Å². The molecule has 0 heterocycles. The Morgan fingerprint density at radius 1 is 1.06 bits per heavy atom. The van der Waals surface area contributed by atoms with E-state index >= 15 is 0 Å². The lowest BCUT2D eigenvalue weighted by Crippen LogP contribution is -2.21. The molecule has 6 nitrogen and oxygen atoms in total. The third-order valence-corrected chi connectivity index (χ3v) is 6.02. The number of rotatable bonds is 8. The molecule has 3 aromatic rings. The van der Waals surface area contributed by atoms with E-state index in [1.165, 1.54) is 30.3 Å². The molecule has 0 aliphatic carbocycles. The lowest BCUT2D eigenvalue weighted by atomic mass is 10.1. The molecule has 2 N–H and O–H groups in total. The number of amides is 1. The van der Waals surface area contributed by atoms with Crippen molar-refractivity contribution in [1.29, 1.82) is 0 Å². The van der Waals surface area contributed by atoms with E-state index < -0.39 is 15.8 Å². The van der Waals surface area contributed by atoms with E-state index in [4.69, 9.17) is 16.3 Å². The van der Waals surface area contributed by atoms with Crippen LogP contribution < -0.4 is 14.8 Å². The maximum atomic E-state index is 13.0. The van der Waals surface area contributed by atoms with Crippen molar-refractivity contribution in [2.75, 3.05) is 16.6 Å². The predicted molar refractivity (Wildman–Crippen MR) is 119 cm³/mol. The first kappa shape index (κ1) is 22.6. The highest BCUT2D eigenvalue weighted by Gasteiger charge is 2.17. The van der Waals surface area contributed by atoms with E-state index in [-0.39, 0.29) is 33.9 Å². The number of benzene rings is 3. The van der Waals surface area contributed by atoms with Crippen molar-refractivity contribution in [3.8, 4) is 5.75 Å². The molecule has 0 saturated carbocycles. The monoisotopic (exact) mass is 462 g/mol. The quantitative estimate of drug-likeness (QED) is 0.500. The summed E-state index contributed by atoms with van der Waals surface area (Å²) in [4.78, 5) is 12.1. The lowest BCUT2D eigenvalue weighted by molar-refractivity contribution is -0.118. The van der Waals surface area contributed by atoms with Gasteiger partial charge in [0, 0.05) is 11.4 Å². The van der Waals surface area contributed by atoms with Crippen LogP contribution >= 0.6 is 11.6 Å². The second kappa shape index (κ2) is 9.80. The molecule has 0 bridgehead atoms. The lowest BCUT2D eigenvalue weighted by Gasteiger charge is -2.12. The number of anilines is 2. The fraction of sp³-hybridized carbons (Fsp3) is 0.136. The van der Waals surface area contributed by atoms with Gasteiger partial charge in [-0.1, -0.05) is 36.7 Å². The highest BCUT2D eigenvalue weighted by atomic mass is 35.5. The van der Waals surface area contributed by atoms with E-state index in [0.717, 1.165) is 24.1 Å². The highest BCUT2D eigenvalue weighted by molar-refractivity contribution is 7.92. The van der Waals surface area contributed by atoms with Crippen LogP contribution in [0.5, 0.6) is 5.75 Å². The number of ether oxygens (including phenoxy) is 1. The molecule has 0 aliphatic rings. The largest absolute Gasteiger partial charge is 0.482 e. The topological polar surface area (TPSA) is 84.5 Å².